The van der Waals surface area contributed by atoms with Gasteiger partial charge in [-0.15, -0.1) is 0 Å². The van der Waals surface area contributed by atoms with Crippen LogP contribution in [0.25, 0.3) is 22.3 Å². The van der Waals surface area contributed by atoms with Crippen molar-refractivity contribution in [3.8, 4) is 11.3 Å². The molecule has 2 N–H and O–H groups in total. The maximum absolute atomic E-state index is 10.8. The monoisotopic (exact) mass is 240 g/mol. The van der Waals surface area contributed by atoms with E-state index in [9.17, 15) is 4.79 Å². The largest absolute Gasteiger partial charge is 0.477 e. The van der Waals surface area contributed by atoms with Gasteiger partial charge in [-0.1, -0.05) is 6.07 Å². The van der Waals surface area contributed by atoms with E-state index in [2.05, 4.69) is 20.2 Å². The Morgan fingerprint density at radius 3 is 2.61 bits per heavy atom. The zero-order chi connectivity index (χ0) is 12.5. The van der Waals surface area contributed by atoms with Crippen molar-refractivity contribution in [1.29, 1.82) is 0 Å². The highest BCUT2D eigenvalue weighted by Gasteiger charge is 2.09. The van der Waals surface area contributed by atoms with Crippen LogP contribution in [0, 0.1) is 0 Å². The van der Waals surface area contributed by atoms with Crippen molar-refractivity contribution >= 4 is 17.0 Å². The number of aromatic carboxylic acids is 1. The van der Waals surface area contributed by atoms with Crippen LogP contribution in [-0.2, 0) is 0 Å². The topological polar surface area (TPSA) is 91.8 Å². The minimum atomic E-state index is -1.03. The standard InChI is InChI=1S/C12H8N4O2/c17-12(18)11-6-9(15-16-11)7-1-2-8-10(5-7)14-4-3-13-8/h1-6H,(H,15,16)(H,17,18). The lowest BCUT2D eigenvalue weighted by atomic mass is 10.1. The fourth-order valence-electron chi connectivity index (χ4n) is 1.70. The summed E-state index contributed by atoms with van der Waals surface area (Å²) in [6.45, 7) is 0. The van der Waals surface area contributed by atoms with Crippen molar-refractivity contribution in [2.45, 2.75) is 0 Å². The summed E-state index contributed by atoms with van der Waals surface area (Å²) in [5, 5.41) is 15.2. The fourth-order valence-corrected chi connectivity index (χ4v) is 1.70. The van der Waals surface area contributed by atoms with Gasteiger partial charge in [0.2, 0.25) is 0 Å². The van der Waals surface area contributed by atoms with Gasteiger partial charge in [0.1, 0.15) is 5.69 Å². The van der Waals surface area contributed by atoms with Crippen LogP contribution >= 0.6 is 0 Å². The molecule has 0 amide bonds. The third-order valence-corrected chi connectivity index (χ3v) is 2.57. The second-order valence-corrected chi connectivity index (χ2v) is 3.73. The van der Waals surface area contributed by atoms with Crippen molar-refractivity contribution in [1.82, 2.24) is 20.2 Å². The number of benzene rings is 1. The molecule has 0 spiro atoms. The Morgan fingerprint density at radius 2 is 1.89 bits per heavy atom. The molecule has 1 aromatic carbocycles. The Labute approximate surface area is 101 Å². The Hall–Kier alpha value is -2.76. The van der Waals surface area contributed by atoms with Gasteiger partial charge in [0.15, 0.2) is 0 Å². The van der Waals surface area contributed by atoms with Crippen LogP contribution in [0.1, 0.15) is 10.5 Å². The molecule has 0 aliphatic heterocycles. The number of nitrogens with zero attached hydrogens (tertiary/aromatic N) is 3. The van der Waals surface area contributed by atoms with E-state index in [-0.39, 0.29) is 5.69 Å². The lowest BCUT2D eigenvalue weighted by Crippen LogP contribution is -1.95. The van der Waals surface area contributed by atoms with Crippen LogP contribution < -0.4 is 0 Å². The van der Waals surface area contributed by atoms with Gasteiger partial charge in [-0.3, -0.25) is 15.1 Å². The van der Waals surface area contributed by atoms with Gasteiger partial charge >= 0.3 is 5.97 Å². The zero-order valence-corrected chi connectivity index (χ0v) is 9.16. The summed E-state index contributed by atoms with van der Waals surface area (Å²) in [5.41, 5.74) is 2.96. The van der Waals surface area contributed by atoms with Crippen LogP contribution in [0.5, 0.6) is 0 Å². The molecular formula is C12H8N4O2. The predicted octanol–water partition coefficient (Wildman–Crippen LogP) is 1.72. The van der Waals surface area contributed by atoms with E-state index >= 15 is 0 Å². The van der Waals surface area contributed by atoms with E-state index in [0.717, 1.165) is 16.6 Å². The van der Waals surface area contributed by atoms with E-state index < -0.39 is 5.97 Å². The maximum Gasteiger partial charge on any atom is 0.353 e. The first-order valence-corrected chi connectivity index (χ1v) is 5.24. The number of H-pyrrole nitrogens is 1. The third kappa shape index (κ3) is 1.69. The van der Waals surface area contributed by atoms with Crippen LogP contribution in [0.3, 0.4) is 0 Å². The Balaban J connectivity index is 2.10. The molecule has 2 heterocycles. The van der Waals surface area contributed by atoms with Crippen molar-refractivity contribution in [2.24, 2.45) is 0 Å². The highest BCUT2D eigenvalue weighted by molar-refractivity contribution is 5.87. The molecule has 0 radical (unpaired) electrons. The Kier molecular flexibility index (Phi) is 2.26. The normalized spacial score (nSPS) is 10.7. The van der Waals surface area contributed by atoms with Gasteiger partial charge < -0.3 is 5.11 Å². The van der Waals surface area contributed by atoms with Crippen LogP contribution in [0.4, 0.5) is 0 Å². The van der Waals surface area contributed by atoms with Gasteiger partial charge in [0, 0.05) is 18.0 Å². The Bertz CT molecular complexity index is 736. The van der Waals surface area contributed by atoms with E-state index in [1.807, 2.05) is 18.2 Å². The number of rotatable bonds is 2. The number of aromatic nitrogens is 4. The van der Waals surface area contributed by atoms with Crippen molar-refractivity contribution in [3.05, 3.63) is 42.4 Å². The number of nitrogens with one attached hydrogen (secondary N) is 1. The van der Waals surface area contributed by atoms with E-state index in [1.165, 1.54) is 6.07 Å². The molecule has 6 heteroatoms. The second kappa shape index (κ2) is 3.92. The first kappa shape index (κ1) is 10.4. The SMILES string of the molecule is O=C(O)c1cc(-c2ccc3nccnc3c2)n[nH]1. The number of carboxylic acid groups (broad SMARTS) is 1. The number of carbonyl (C=O) groups is 1. The molecule has 2 aromatic heterocycles. The molecule has 0 saturated heterocycles. The Morgan fingerprint density at radius 1 is 1.11 bits per heavy atom. The third-order valence-electron chi connectivity index (χ3n) is 2.57. The quantitative estimate of drug-likeness (QED) is 0.711. The first-order valence-electron chi connectivity index (χ1n) is 5.24. The minimum Gasteiger partial charge on any atom is -0.477 e. The van der Waals surface area contributed by atoms with Crippen LogP contribution in [0.15, 0.2) is 36.7 Å². The number of fused-ring (bicyclic) bond motifs is 1. The number of carboxylic acids is 1. The second-order valence-electron chi connectivity index (χ2n) is 3.73. The smallest absolute Gasteiger partial charge is 0.353 e. The molecule has 0 fully saturated rings. The molecule has 0 bridgehead atoms. The van der Waals surface area contributed by atoms with Gasteiger partial charge in [-0.2, -0.15) is 5.10 Å². The summed E-state index contributed by atoms with van der Waals surface area (Å²) in [6.07, 6.45) is 3.23. The lowest BCUT2D eigenvalue weighted by Gasteiger charge is -1.98. The van der Waals surface area contributed by atoms with Crippen molar-refractivity contribution in [2.75, 3.05) is 0 Å². The molecule has 6 nitrogen and oxygen atoms in total. The summed E-state index contributed by atoms with van der Waals surface area (Å²) in [6, 6.07) is 6.97. The average Bonchev–Trinajstić information content (AvgIpc) is 2.88. The van der Waals surface area contributed by atoms with Gasteiger partial charge in [-0.05, 0) is 18.2 Å². The van der Waals surface area contributed by atoms with Gasteiger partial charge in [-0.25, -0.2) is 4.79 Å². The van der Waals surface area contributed by atoms with E-state index in [4.69, 9.17) is 5.11 Å². The molecule has 3 rings (SSSR count). The summed E-state index contributed by atoms with van der Waals surface area (Å²) in [7, 11) is 0. The van der Waals surface area contributed by atoms with E-state index in [0.29, 0.717) is 5.69 Å². The molecule has 0 atom stereocenters. The van der Waals surface area contributed by atoms with E-state index in [1.54, 1.807) is 12.4 Å². The van der Waals surface area contributed by atoms with Gasteiger partial charge in [0.25, 0.3) is 0 Å². The van der Waals surface area contributed by atoms with Crippen LogP contribution in [-0.4, -0.2) is 31.2 Å². The van der Waals surface area contributed by atoms with Crippen molar-refractivity contribution in [3.63, 3.8) is 0 Å². The number of aromatic amines is 1. The summed E-state index contributed by atoms with van der Waals surface area (Å²) < 4.78 is 0. The van der Waals surface area contributed by atoms with Gasteiger partial charge in [0.05, 0.1) is 16.7 Å². The molecule has 88 valence electrons. The molecule has 0 aliphatic rings. The zero-order valence-electron chi connectivity index (χ0n) is 9.16. The average molecular weight is 240 g/mol. The highest BCUT2D eigenvalue weighted by Crippen LogP contribution is 2.21. The molecule has 3 aromatic rings. The molecule has 0 saturated carbocycles. The van der Waals surface area contributed by atoms with Crippen molar-refractivity contribution < 1.29 is 9.90 Å². The summed E-state index contributed by atoms with van der Waals surface area (Å²) in [4.78, 5) is 19.1. The minimum absolute atomic E-state index is 0.0595. The first-order chi connectivity index (χ1) is 8.74. The molecule has 0 aliphatic carbocycles. The number of hydrogen-bond acceptors (Lipinski definition) is 4. The summed E-state index contributed by atoms with van der Waals surface area (Å²) >= 11 is 0. The predicted molar refractivity (Wildman–Crippen MR) is 64.1 cm³/mol. The van der Waals surface area contributed by atoms with Crippen LogP contribution in [0.2, 0.25) is 0 Å². The number of hydrogen-bond donors (Lipinski definition) is 2. The molecule has 0 unspecified atom stereocenters. The summed E-state index contributed by atoms with van der Waals surface area (Å²) in [5.74, 6) is -1.03. The maximum atomic E-state index is 10.8. The molecule has 18 heavy (non-hydrogen) atoms. The highest BCUT2D eigenvalue weighted by atomic mass is 16.4. The molecular weight excluding hydrogens is 232 g/mol. The lowest BCUT2D eigenvalue weighted by molar-refractivity contribution is 0.0690. The fraction of sp³-hybridized carbons (Fsp3) is 0.